The number of likely N-dealkylation sites (tertiary alicyclic amines) is 1. The van der Waals surface area contributed by atoms with Gasteiger partial charge in [0.2, 0.25) is 5.91 Å². The molecule has 0 aromatic heterocycles. The molecule has 186 valence electrons. The average molecular weight is 485 g/mol. The maximum Gasteiger partial charge on any atom is 0.236 e. The molecule has 1 aliphatic heterocycles. The third kappa shape index (κ3) is 5.55. The van der Waals surface area contributed by atoms with Crippen LogP contribution in [0, 0.1) is 11.8 Å². The van der Waals surface area contributed by atoms with Crippen LogP contribution in [0.25, 0.3) is 0 Å². The molecular formula is C30H32N2O4. The van der Waals surface area contributed by atoms with Crippen LogP contribution < -0.4 is 4.74 Å². The van der Waals surface area contributed by atoms with Gasteiger partial charge in [-0.2, -0.15) is 0 Å². The van der Waals surface area contributed by atoms with Crippen molar-refractivity contribution in [3.8, 4) is 5.75 Å². The van der Waals surface area contributed by atoms with Crippen LogP contribution in [0.1, 0.15) is 32.2 Å². The zero-order chi connectivity index (χ0) is 25.7. The molecule has 0 bridgehead atoms. The number of piperidine rings is 1. The molecular weight excluding hydrogens is 452 g/mol. The molecule has 36 heavy (non-hydrogen) atoms. The van der Waals surface area contributed by atoms with E-state index in [-0.39, 0.29) is 29.9 Å². The van der Waals surface area contributed by atoms with E-state index in [0.717, 1.165) is 5.56 Å². The molecule has 0 spiro atoms. The number of carbonyl (C=O) groups excluding carboxylic acids is 3. The van der Waals surface area contributed by atoms with Crippen LogP contribution in [0.5, 0.6) is 5.75 Å². The number of hydrogen-bond acceptors (Lipinski definition) is 5. The minimum Gasteiger partial charge on any atom is -0.497 e. The second-order valence-electron chi connectivity index (χ2n) is 9.45. The Morgan fingerprint density at radius 2 is 1.25 bits per heavy atom. The van der Waals surface area contributed by atoms with Gasteiger partial charge in [0.05, 0.1) is 13.7 Å². The number of amides is 1. The fraction of sp³-hybridized carbons (Fsp3) is 0.300. The Kier molecular flexibility index (Phi) is 7.96. The predicted molar refractivity (Wildman–Crippen MR) is 139 cm³/mol. The topological polar surface area (TPSA) is 66.9 Å². The minimum absolute atomic E-state index is 0.0238. The van der Waals surface area contributed by atoms with Crippen molar-refractivity contribution in [2.24, 2.45) is 11.8 Å². The largest absolute Gasteiger partial charge is 0.497 e. The van der Waals surface area contributed by atoms with Gasteiger partial charge in [-0.25, -0.2) is 0 Å². The third-order valence-electron chi connectivity index (χ3n) is 6.93. The summed E-state index contributed by atoms with van der Waals surface area (Å²) in [5.74, 6) is -0.737. The van der Waals surface area contributed by atoms with E-state index in [1.807, 2.05) is 89.8 Å². The van der Waals surface area contributed by atoms with E-state index in [1.54, 1.807) is 21.2 Å². The molecule has 0 aliphatic carbocycles. The summed E-state index contributed by atoms with van der Waals surface area (Å²) in [6.07, 6.45) is 0. The monoisotopic (exact) mass is 484 g/mol. The highest BCUT2D eigenvalue weighted by Crippen LogP contribution is 2.41. The Hall–Kier alpha value is -3.77. The molecule has 6 heteroatoms. The number of Topliss-reactive ketones (excluding diaryl/α,β-unsaturated/α-hetero) is 2. The lowest BCUT2D eigenvalue weighted by Gasteiger charge is -2.43. The number of hydrogen-bond donors (Lipinski definition) is 0. The normalized spacial score (nSPS) is 18.4. The zero-order valence-corrected chi connectivity index (χ0v) is 21.0. The number of benzene rings is 3. The summed E-state index contributed by atoms with van der Waals surface area (Å²) in [4.78, 5) is 44.0. The Labute approximate surface area is 212 Å². The Bertz CT molecular complexity index is 1130. The van der Waals surface area contributed by atoms with E-state index in [1.165, 1.54) is 4.90 Å². The SMILES string of the molecule is COc1ccc(C2[C@@H](C(=O)c3ccccc3)CN(CC(=O)N(C)C)C[C@@H]2C(=O)c2ccccc2)cc1. The van der Waals surface area contributed by atoms with Gasteiger partial charge in [-0.05, 0) is 17.7 Å². The van der Waals surface area contributed by atoms with Gasteiger partial charge in [-0.15, -0.1) is 0 Å². The van der Waals surface area contributed by atoms with Gasteiger partial charge in [0.1, 0.15) is 5.75 Å². The summed E-state index contributed by atoms with van der Waals surface area (Å²) >= 11 is 0. The molecule has 0 N–H and O–H groups in total. The van der Waals surface area contributed by atoms with Crippen LogP contribution in [-0.4, -0.2) is 68.1 Å². The van der Waals surface area contributed by atoms with Crippen LogP contribution in [0.2, 0.25) is 0 Å². The Morgan fingerprint density at radius 1 is 0.778 bits per heavy atom. The van der Waals surface area contributed by atoms with Crippen molar-refractivity contribution in [1.29, 1.82) is 0 Å². The number of ether oxygens (including phenoxy) is 1. The first kappa shape index (κ1) is 25.3. The first-order valence-corrected chi connectivity index (χ1v) is 12.1. The molecule has 4 rings (SSSR count). The quantitative estimate of drug-likeness (QED) is 0.449. The zero-order valence-electron chi connectivity index (χ0n) is 21.0. The van der Waals surface area contributed by atoms with Crippen molar-refractivity contribution in [3.63, 3.8) is 0 Å². The van der Waals surface area contributed by atoms with Crippen LogP contribution in [0.15, 0.2) is 84.9 Å². The average Bonchev–Trinajstić information content (AvgIpc) is 2.92. The van der Waals surface area contributed by atoms with Gasteiger partial charge in [0.25, 0.3) is 0 Å². The van der Waals surface area contributed by atoms with E-state index < -0.39 is 11.8 Å². The van der Waals surface area contributed by atoms with Crippen LogP contribution in [0.4, 0.5) is 0 Å². The van der Waals surface area contributed by atoms with Crippen LogP contribution in [-0.2, 0) is 4.79 Å². The van der Waals surface area contributed by atoms with Gasteiger partial charge in [0, 0.05) is 56.1 Å². The van der Waals surface area contributed by atoms with E-state index in [0.29, 0.717) is 30.0 Å². The highest BCUT2D eigenvalue weighted by Gasteiger charge is 2.45. The number of ketones is 2. The highest BCUT2D eigenvalue weighted by atomic mass is 16.5. The summed E-state index contributed by atoms with van der Waals surface area (Å²) in [5.41, 5.74) is 2.12. The summed E-state index contributed by atoms with van der Waals surface area (Å²) in [7, 11) is 5.04. The molecule has 1 heterocycles. The molecule has 3 aromatic carbocycles. The number of carbonyl (C=O) groups is 3. The van der Waals surface area contributed by atoms with E-state index in [2.05, 4.69) is 0 Å². The summed E-state index contributed by atoms with van der Waals surface area (Å²) in [6.45, 7) is 0.935. The molecule has 0 saturated carbocycles. The lowest BCUT2D eigenvalue weighted by atomic mass is 9.68. The standard InChI is InChI=1S/C30H32N2O4/c1-31(2)27(33)20-32-18-25(29(34)22-10-6-4-7-11-22)28(21-14-16-24(36-3)17-15-21)26(19-32)30(35)23-12-8-5-9-13-23/h4-17,25-26,28H,18-20H2,1-3H3/t25-,26-/m0/s1. The van der Waals surface area contributed by atoms with Gasteiger partial charge >= 0.3 is 0 Å². The fourth-order valence-corrected chi connectivity index (χ4v) is 5.02. The minimum atomic E-state index is -0.498. The molecule has 1 fully saturated rings. The lowest BCUT2D eigenvalue weighted by molar-refractivity contribution is -0.130. The first-order valence-electron chi connectivity index (χ1n) is 12.1. The van der Waals surface area contributed by atoms with Crippen molar-refractivity contribution >= 4 is 17.5 Å². The van der Waals surface area contributed by atoms with Gasteiger partial charge in [-0.1, -0.05) is 72.8 Å². The second-order valence-corrected chi connectivity index (χ2v) is 9.45. The molecule has 0 unspecified atom stereocenters. The van der Waals surface area contributed by atoms with Crippen molar-refractivity contribution < 1.29 is 19.1 Å². The van der Waals surface area contributed by atoms with Gasteiger partial charge in [0.15, 0.2) is 11.6 Å². The molecule has 0 radical (unpaired) electrons. The molecule has 1 aliphatic rings. The third-order valence-corrected chi connectivity index (χ3v) is 6.93. The van der Waals surface area contributed by atoms with E-state index in [9.17, 15) is 14.4 Å². The molecule has 3 aromatic rings. The smallest absolute Gasteiger partial charge is 0.236 e. The van der Waals surface area contributed by atoms with Crippen LogP contribution >= 0.6 is 0 Å². The Morgan fingerprint density at radius 3 is 1.67 bits per heavy atom. The molecule has 1 saturated heterocycles. The first-order chi connectivity index (χ1) is 17.4. The number of nitrogens with zero attached hydrogens (tertiary/aromatic N) is 2. The maximum atomic E-state index is 13.9. The number of rotatable bonds is 8. The second kappa shape index (κ2) is 11.3. The molecule has 2 atom stereocenters. The van der Waals surface area contributed by atoms with Gasteiger partial charge in [-0.3, -0.25) is 19.3 Å². The predicted octanol–water partition coefficient (Wildman–Crippen LogP) is 4.18. The van der Waals surface area contributed by atoms with Crippen molar-refractivity contribution in [1.82, 2.24) is 9.80 Å². The van der Waals surface area contributed by atoms with Gasteiger partial charge < -0.3 is 9.64 Å². The maximum absolute atomic E-state index is 13.9. The fourth-order valence-electron chi connectivity index (χ4n) is 5.02. The molecule has 6 nitrogen and oxygen atoms in total. The highest BCUT2D eigenvalue weighted by molar-refractivity contribution is 6.02. The van der Waals surface area contributed by atoms with Crippen molar-refractivity contribution in [2.45, 2.75) is 5.92 Å². The summed E-state index contributed by atoms with van der Waals surface area (Å²) in [5, 5.41) is 0. The van der Waals surface area contributed by atoms with E-state index in [4.69, 9.17) is 4.74 Å². The lowest BCUT2D eigenvalue weighted by Crippen LogP contribution is -2.52. The Balaban J connectivity index is 1.80. The van der Waals surface area contributed by atoms with Crippen molar-refractivity contribution in [2.75, 3.05) is 40.8 Å². The van der Waals surface area contributed by atoms with E-state index >= 15 is 0 Å². The van der Waals surface area contributed by atoms with Crippen LogP contribution in [0.3, 0.4) is 0 Å². The number of likely N-dealkylation sites (N-methyl/N-ethyl adjacent to an activating group) is 1. The van der Waals surface area contributed by atoms with Crippen molar-refractivity contribution in [3.05, 3.63) is 102 Å². The summed E-state index contributed by atoms with van der Waals surface area (Å²) in [6, 6.07) is 26.0. The number of methoxy groups -OCH3 is 1. The molecule has 1 amide bonds. The summed E-state index contributed by atoms with van der Waals surface area (Å²) < 4.78 is 5.34.